The summed E-state index contributed by atoms with van der Waals surface area (Å²) in [6, 6.07) is 92.2. The molecule has 0 fully saturated rings. The summed E-state index contributed by atoms with van der Waals surface area (Å²) in [7, 11) is 0. The van der Waals surface area contributed by atoms with Gasteiger partial charge in [0.15, 0.2) is 0 Å². The van der Waals surface area contributed by atoms with Crippen LogP contribution in [0.2, 0.25) is 0 Å². The molecule has 0 N–H and O–H groups in total. The van der Waals surface area contributed by atoms with Crippen molar-refractivity contribution in [2.75, 3.05) is 0 Å². The van der Waals surface area contributed by atoms with Crippen molar-refractivity contribution >= 4 is 0 Å². The van der Waals surface area contributed by atoms with Crippen LogP contribution in [0.15, 0.2) is 218 Å². The van der Waals surface area contributed by atoms with Gasteiger partial charge in [0, 0.05) is 0 Å². The average Bonchev–Trinajstić information content (AvgIpc) is 3.29. The quantitative estimate of drug-likeness (QED) is 0.115. The molecule has 0 aliphatic heterocycles. The molecule has 0 aliphatic carbocycles. The predicted molar refractivity (Wildman–Crippen MR) is 225 cm³/mol. The molecule has 3 radical (unpaired) electrons. The van der Waals surface area contributed by atoms with Crippen molar-refractivity contribution < 1.29 is 51.2 Å². The van der Waals surface area contributed by atoms with Crippen molar-refractivity contribution in [1.29, 1.82) is 0 Å². The van der Waals surface area contributed by atoms with Crippen LogP contribution >= 0.6 is 0 Å². The van der Waals surface area contributed by atoms with E-state index in [0.717, 1.165) is 0 Å². The third-order valence-corrected chi connectivity index (χ3v) is 8.96. The molecule has 0 unspecified atom stereocenters. The molecule has 9 aromatic rings. The molecule has 0 saturated heterocycles. The van der Waals surface area contributed by atoms with Gasteiger partial charge in [0.1, 0.15) is 0 Å². The Morgan fingerprint density at radius 3 is 0.421 bits per heavy atom. The maximum Gasteiger partial charge on any atom is 2.00 e. The molecule has 9 rings (SSSR count). The largest absolute Gasteiger partial charge is 2.00 e. The Balaban J connectivity index is 0.000000185. The topological polar surface area (TPSA) is 0 Å². The number of benzene rings is 9. The van der Waals surface area contributed by atoms with Gasteiger partial charge in [-0.2, -0.15) is 182 Å². The molecule has 0 spiro atoms. The van der Waals surface area contributed by atoms with Crippen molar-refractivity contribution in [1.82, 2.24) is 0 Å². The van der Waals surface area contributed by atoms with Gasteiger partial charge >= 0.3 is 51.2 Å². The fraction of sp³-hybridized carbons (Fsp3) is 0. The normalized spacial score (nSPS) is 9.68. The molecule has 0 nitrogen and oxygen atoms in total. The zero-order valence-corrected chi connectivity index (χ0v) is 33.5. The summed E-state index contributed by atoms with van der Waals surface area (Å²) >= 11 is 0. The summed E-state index contributed by atoms with van der Waals surface area (Å²) in [4.78, 5) is 0. The van der Waals surface area contributed by atoms with Crippen molar-refractivity contribution in [3.8, 4) is 66.8 Å². The van der Waals surface area contributed by atoms with Crippen LogP contribution in [0.5, 0.6) is 0 Å². The van der Waals surface area contributed by atoms with Gasteiger partial charge in [0.25, 0.3) is 0 Å². The molecule has 0 bridgehead atoms. The van der Waals surface area contributed by atoms with Crippen LogP contribution in [0.4, 0.5) is 0 Å². The van der Waals surface area contributed by atoms with Gasteiger partial charge in [-0.25, -0.2) is 0 Å². The second kappa shape index (κ2) is 23.6. The molecular formula is C54H36Cu3. The molecule has 3 heteroatoms. The van der Waals surface area contributed by atoms with Gasteiger partial charge in [-0.1, -0.05) is 72.8 Å². The monoisotopic (exact) mass is 873 g/mol. The van der Waals surface area contributed by atoms with Gasteiger partial charge in [-0.05, 0) is 33.4 Å². The van der Waals surface area contributed by atoms with E-state index in [-0.39, 0.29) is 51.2 Å². The molecule has 0 heterocycles. The Labute approximate surface area is 370 Å². The van der Waals surface area contributed by atoms with Gasteiger partial charge in [0.2, 0.25) is 0 Å². The SMILES string of the molecule is [Cu+2].[Cu+2].[Cu+2].[c-]1ccc(-c2ccccc2-c2cc[c-]cc2)cc1.[c-]1ccc(-c2ccccc2-c2cc[c-]cc2)cc1.[c-]1ccc(-c2ccccc2-c2cc[c-]cc2)cc1. The third kappa shape index (κ3) is 12.0. The van der Waals surface area contributed by atoms with Crippen molar-refractivity contribution in [3.05, 3.63) is 255 Å². The summed E-state index contributed by atoms with van der Waals surface area (Å²) in [5.74, 6) is 0. The van der Waals surface area contributed by atoms with E-state index in [4.69, 9.17) is 0 Å². The summed E-state index contributed by atoms with van der Waals surface area (Å²) < 4.78 is 0. The molecule has 57 heavy (non-hydrogen) atoms. The van der Waals surface area contributed by atoms with Crippen molar-refractivity contribution in [2.45, 2.75) is 0 Å². The van der Waals surface area contributed by atoms with Crippen LogP contribution in [-0.4, -0.2) is 0 Å². The van der Waals surface area contributed by atoms with E-state index in [1.165, 1.54) is 66.8 Å². The molecule has 0 atom stereocenters. The maximum absolute atomic E-state index is 3.06. The van der Waals surface area contributed by atoms with Crippen LogP contribution in [-0.2, 0) is 51.2 Å². The minimum Gasteiger partial charge on any atom is -0.184 e. The Kier molecular flexibility index (Phi) is 18.3. The van der Waals surface area contributed by atoms with Gasteiger partial charge < -0.3 is 0 Å². The fourth-order valence-electron chi connectivity index (χ4n) is 6.36. The smallest absolute Gasteiger partial charge is 0.184 e. The van der Waals surface area contributed by atoms with E-state index in [1.807, 2.05) is 72.8 Å². The molecule has 0 aromatic heterocycles. The maximum atomic E-state index is 3.06. The standard InChI is InChI=1S/3C18H12.3Cu/c3*1-3-9-15(10-4-1)17-13-7-8-14-18(17)16-11-5-2-6-12-16;;;/h3*3-14H;;;/q3*-2;3*+2. The summed E-state index contributed by atoms with van der Waals surface area (Å²) in [5.41, 5.74) is 14.8. The Bertz CT molecular complexity index is 2000. The number of hydrogen-bond acceptors (Lipinski definition) is 0. The van der Waals surface area contributed by atoms with Crippen LogP contribution in [0.3, 0.4) is 0 Å². The Morgan fingerprint density at radius 1 is 0.175 bits per heavy atom. The Morgan fingerprint density at radius 2 is 0.298 bits per heavy atom. The first-order valence-corrected chi connectivity index (χ1v) is 17.9. The van der Waals surface area contributed by atoms with E-state index in [2.05, 4.69) is 182 Å². The molecular weight excluding hydrogens is 839 g/mol. The zero-order chi connectivity index (χ0) is 36.6. The first kappa shape index (κ1) is 44.3. The molecule has 0 aliphatic rings. The fourth-order valence-corrected chi connectivity index (χ4v) is 6.36. The minimum absolute atomic E-state index is 0. The van der Waals surface area contributed by atoms with Gasteiger partial charge in [0.05, 0.1) is 0 Å². The average molecular weight is 876 g/mol. The summed E-state index contributed by atoms with van der Waals surface area (Å²) in [5, 5.41) is 0. The number of rotatable bonds is 6. The van der Waals surface area contributed by atoms with Crippen LogP contribution < -0.4 is 0 Å². The predicted octanol–water partition coefficient (Wildman–Crippen LogP) is 13.9. The number of hydrogen-bond donors (Lipinski definition) is 0. The zero-order valence-electron chi connectivity index (χ0n) is 30.7. The first-order valence-electron chi connectivity index (χ1n) is 17.9. The van der Waals surface area contributed by atoms with E-state index >= 15 is 0 Å². The van der Waals surface area contributed by atoms with E-state index < -0.39 is 0 Å². The summed E-state index contributed by atoms with van der Waals surface area (Å²) in [6.45, 7) is 0. The van der Waals surface area contributed by atoms with Crippen LogP contribution in [0.25, 0.3) is 66.8 Å². The van der Waals surface area contributed by atoms with Crippen LogP contribution in [0, 0.1) is 36.4 Å². The second-order valence-electron chi connectivity index (χ2n) is 12.4. The minimum atomic E-state index is 0. The van der Waals surface area contributed by atoms with Crippen molar-refractivity contribution in [2.24, 2.45) is 0 Å². The van der Waals surface area contributed by atoms with Crippen LogP contribution in [0.1, 0.15) is 0 Å². The second-order valence-corrected chi connectivity index (χ2v) is 12.4. The van der Waals surface area contributed by atoms with E-state index in [9.17, 15) is 0 Å². The third-order valence-electron chi connectivity index (χ3n) is 8.96. The van der Waals surface area contributed by atoms with Gasteiger partial charge in [-0.15, -0.1) is 33.4 Å². The molecule has 285 valence electrons. The summed E-state index contributed by atoms with van der Waals surface area (Å²) in [6.07, 6.45) is 0. The van der Waals surface area contributed by atoms with Crippen molar-refractivity contribution in [3.63, 3.8) is 0 Å². The van der Waals surface area contributed by atoms with E-state index in [1.54, 1.807) is 0 Å². The molecule has 0 saturated carbocycles. The Hall–Kier alpha value is -5.46. The first-order chi connectivity index (χ1) is 26.8. The molecule has 0 amide bonds. The van der Waals surface area contributed by atoms with E-state index in [0.29, 0.717) is 0 Å². The molecule has 9 aromatic carbocycles. The van der Waals surface area contributed by atoms with Gasteiger partial charge in [-0.3, -0.25) is 0 Å².